The number of furan rings is 1. The quantitative estimate of drug-likeness (QED) is 0.166. The summed E-state index contributed by atoms with van der Waals surface area (Å²) in [4.78, 5) is 8.52. The van der Waals surface area contributed by atoms with Crippen molar-refractivity contribution in [3.8, 4) is 39.7 Å². The summed E-state index contributed by atoms with van der Waals surface area (Å²) in [6.07, 6.45) is 0.546. The van der Waals surface area contributed by atoms with Gasteiger partial charge >= 0.3 is 0 Å². The first-order valence-electron chi connectivity index (χ1n) is 20.8. The Kier molecular flexibility index (Phi) is 6.60. The van der Waals surface area contributed by atoms with Crippen molar-refractivity contribution in [3.05, 3.63) is 143 Å². The molecule has 0 amide bonds. The van der Waals surface area contributed by atoms with E-state index in [-0.39, 0.29) is 65.2 Å². The maximum atomic E-state index is 9.31. The van der Waals surface area contributed by atoms with E-state index < -0.39 is 32.3 Å². The Labute approximate surface area is 313 Å². The van der Waals surface area contributed by atoms with Gasteiger partial charge in [-0.3, -0.25) is 0 Å². The number of nitriles is 1. The van der Waals surface area contributed by atoms with E-state index in [4.69, 9.17) is 20.9 Å². The number of hydrogen-bond donors (Lipinski definition) is 0. The van der Waals surface area contributed by atoms with E-state index in [9.17, 15) is 5.26 Å². The molecule has 3 heterocycles. The molecule has 0 saturated carbocycles. The summed E-state index contributed by atoms with van der Waals surface area (Å²) in [5.74, 6) is 0. The van der Waals surface area contributed by atoms with Crippen LogP contribution in [0, 0.1) is 49.4 Å². The van der Waals surface area contributed by atoms with E-state index in [1.54, 1.807) is 69.3 Å². The zero-order valence-corrected chi connectivity index (χ0v) is 28.7. The van der Waals surface area contributed by atoms with Crippen LogP contribution in [0.4, 0.5) is 0 Å². The molecule has 0 unspecified atom stereocenters. The van der Waals surface area contributed by atoms with Gasteiger partial charge < -0.3 is 14.4 Å². The monoisotopic (exact) mass is 816 g/mol. The molecule has 7 rings (SSSR count). The number of pyridine rings is 2. The molecule has 0 atom stereocenters. The number of hydrogen-bond acceptors (Lipinski definition) is 4. The number of fused-ring (bicyclic) bond motifs is 3. The summed E-state index contributed by atoms with van der Waals surface area (Å²) in [6, 6.07) is 31.0. The van der Waals surface area contributed by atoms with Gasteiger partial charge in [0.2, 0.25) is 0 Å². The van der Waals surface area contributed by atoms with Crippen LogP contribution in [0.5, 0.6) is 0 Å². The van der Waals surface area contributed by atoms with E-state index in [0.29, 0.717) is 22.3 Å². The van der Waals surface area contributed by atoms with E-state index in [0.717, 1.165) is 28.2 Å². The average molecular weight is 816 g/mol. The first-order chi connectivity index (χ1) is 27.4. The normalized spacial score (nSPS) is 15.8. The Hall–Kier alpha value is -4.88. The Balaban J connectivity index is 0.000000336. The van der Waals surface area contributed by atoms with Crippen molar-refractivity contribution in [2.45, 2.75) is 47.7 Å². The summed E-state index contributed by atoms with van der Waals surface area (Å²) >= 11 is 0. The van der Waals surface area contributed by atoms with E-state index in [2.05, 4.69) is 28.2 Å². The first-order valence-corrected chi connectivity index (χ1v) is 14.8. The molecule has 0 aliphatic carbocycles. The summed E-state index contributed by atoms with van der Waals surface area (Å²) in [5.41, 5.74) is 2.08. The fraction of sp³-hybridized carbons (Fsp3) is 0.186. The van der Waals surface area contributed by atoms with Crippen molar-refractivity contribution < 1.29 is 41.0 Å². The third-order valence-electron chi connectivity index (χ3n) is 7.20. The zero-order valence-electron chi connectivity index (χ0n) is 38.3. The molecule has 3 aromatic heterocycles. The maximum absolute atomic E-state index is 9.31. The summed E-state index contributed by atoms with van der Waals surface area (Å²) < 4.78 is 104. The van der Waals surface area contributed by atoms with Crippen molar-refractivity contribution in [1.29, 1.82) is 5.26 Å². The Morgan fingerprint density at radius 2 is 1.71 bits per heavy atom. The molecular formula is C43H37IrN3O-2. The van der Waals surface area contributed by atoms with Gasteiger partial charge in [0.25, 0.3) is 0 Å². The maximum Gasteiger partial charge on any atom is 0.122 e. The fourth-order valence-corrected chi connectivity index (χ4v) is 5.13. The second kappa shape index (κ2) is 14.5. The van der Waals surface area contributed by atoms with Crippen molar-refractivity contribution in [3.63, 3.8) is 0 Å². The Bertz CT molecular complexity index is 2710. The molecule has 241 valence electrons. The van der Waals surface area contributed by atoms with Crippen LogP contribution in [0.1, 0.15) is 65.0 Å². The Morgan fingerprint density at radius 3 is 2.42 bits per heavy atom. The van der Waals surface area contributed by atoms with Crippen LogP contribution < -0.4 is 0 Å². The molecule has 0 aliphatic rings. The van der Waals surface area contributed by atoms with Gasteiger partial charge in [-0.05, 0) is 89.2 Å². The molecule has 4 nitrogen and oxygen atoms in total. The molecule has 5 heteroatoms. The van der Waals surface area contributed by atoms with Crippen LogP contribution in [0.3, 0.4) is 0 Å². The smallest absolute Gasteiger partial charge is 0.122 e. The summed E-state index contributed by atoms with van der Waals surface area (Å²) in [6.45, 7) is -2.56. The molecule has 0 spiro atoms. The van der Waals surface area contributed by atoms with Crippen molar-refractivity contribution in [1.82, 2.24) is 9.97 Å². The van der Waals surface area contributed by atoms with Gasteiger partial charge in [-0.25, -0.2) is 0 Å². The molecule has 0 bridgehead atoms. The number of aromatic nitrogens is 2. The predicted molar refractivity (Wildman–Crippen MR) is 192 cm³/mol. The first kappa shape index (κ1) is 21.9. The van der Waals surface area contributed by atoms with Gasteiger partial charge in [0.05, 0.1) is 18.6 Å². The number of rotatable bonds is 4. The van der Waals surface area contributed by atoms with Gasteiger partial charge in [-0.1, -0.05) is 74.2 Å². The van der Waals surface area contributed by atoms with Crippen LogP contribution >= 0.6 is 0 Å². The third-order valence-corrected chi connectivity index (χ3v) is 7.20. The minimum absolute atomic E-state index is 0. The number of benzene rings is 4. The molecular weight excluding hydrogens is 767 g/mol. The standard InChI is InChI=1S/C31H27N2O.C12H10N.Ir/c1-19-13-21(16-31(3,4)5)9-11-23(19)27-15-28(33-18-20(27)2)26-8-6-7-25-24-12-10-22(17-32)14-29(24)34-30(25)26;1-10-7-8-12(13-9-10)11-5-3-2-4-6-11;/h6-7,9-15,18H,16H2,1-5H3;2-5,7-9H,1H3;/q2*-1;/i1D3,2D3,11D,16D2;1D3;. The molecule has 4 aromatic carbocycles. The SMILES string of the molecule is [2H]C([2H])([2H])c1ccc(-c2[c-]cccc2)nc1.[2H]c1cc(C([2H])([2H])C(C)(C)C)cc(C([2H])([2H])[2H])c1-c1cc(-c2[c-]ccc3c2oc2cc(C#N)ccc23)ncc1C([2H])([2H])[2H].[Ir]. The van der Waals surface area contributed by atoms with Crippen LogP contribution in [0.25, 0.3) is 55.6 Å². The zero-order chi connectivity index (χ0) is 43.3. The topological polar surface area (TPSA) is 62.7 Å². The predicted octanol–water partition coefficient (Wildman–Crippen LogP) is 11.0. The van der Waals surface area contributed by atoms with Crippen LogP contribution in [0.2, 0.25) is 0 Å². The fourth-order valence-electron chi connectivity index (χ4n) is 5.13. The van der Waals surface area contributed by atoms with Crippen LogP contribution in [-0.4, -0.2) is 9.97 Å². The van der Waals surface area contributed by atoms with E-state index in [1.165, 1.54) is 24.4 Å². The summed E-state index contributed by atoms with van der Waals surface area (Å²) in [5, 5.41) is 10.8. The van der Waals surface area contributed by atoms with Crippen LogP contribution in [0.15, 0.2) is 108 Å². The van der Waals surface area contributed by atoms with Crippen molar-refractivity contribution in [2.75, 3.05) is 0 Å². The largest absolute Gasteiger partial charge is 0.501 e. The number of aryl methyl sites for hydroxylation is 3. The average Bonchev–Trinajstić information content (AvgIpc) is 3.54. The second-order valence-corrected chi connectivity index (χ2v) is 11.9. The molecule has 0 aliphatic heterocycles. The minimum Gasteiger partial charge on any atom is -0.501 e. The molecule has 1 radical (unpaired) electrons. The van der Waals surface area contributed by atoms with Gasteiger partial charge in [-0.2, -0.15) is 5.26 Å². The molecule has 48 heavy (non-hydrogen) atoms. The summed E-state index contributed by atoms with van der Waals surface area (Å²) in [7, 11) is 0. The molecule has 0 saturated heterocycles. The van der Waals surface area contributed by atoms with Gasteiger partial charge in [0.15, 0.2) is 0 Å². The Morgan fingerprint density at radius 1 is 0.854 bits per heavy atom. The van der Waals surface area contributed by atoms with E-state index >= 15 is 0 Å². The second-order valence-electron chi connectivity index (χ2n) is 11.9. The van der Waals surface area contributed by atoms with Crippen LogP contribution in [-0.2, 0) is 26.5 Å². The third kappa shape index (κ3) is 7.63. The molecule has 0 fully saturated rings. The van der Waals surface area contributed by atoms with Crippen molar-refractivity contribution >= 4 is 21.9 Å². The minimum atomic E-state index is -2.80. The van der Waals surface area contributed by atoms with Crippen molar-refractivity contribution in [2.24, 2.45) is 5.41 Å². The van der Waals surface area contributed by atoms with E-state index in [1.807, 2.05) is 18.2 Å². The van der Waals surface area contributed by atoms with Gasteiger partial charge in [0.1, 0.15) is 5.58 Å². The van der Waals surface area contributed by atoms with Gasteiger partial charge in [0, 0.05) is 53.0 Å². The molecule has 0 N–H and O–H groups in total. The molecule has 7 aromatic rings. The number of nitrogens with zero attached hydrogens (tertiary/aromatic N) is 3. The van der Waals surface area contributed by atoms with Gasteiger partial charge in [-0.15, -0.1) is 54.1 Å².